The summed E-state index contributed by atoms with van der Waals surface area (Å²) in [6, 6.07) is 6.77. The van der Waals surface area contributed by atoms with Crippen LogP contribution in [0.4, 0.5) is 0 Å². The van der Waals surface area contributed by atoms with Gasteiger partial charge in [0, 0.05) is 6.54 Å². The lowest BCUT2D eigenvalue weighted by Gasteiger charge is -2.32. The minimum atomic E-state index is 0.129. The molecule has 0 radical (unpaired) electrons. The zero-order valence-corrected chi connectivity index (χ0v) is 10.8. The lowest BCUT2D eigenvalue weighted by Crippen LogP contribution is -2.39. The van der Waals surface area contributed by atoms with Gasteiger partial charge in [-0.25, -0.2) is 0 Å². The van der Waals surface area contributed by atoms with Gasteiger partial charge in [0.05, 0.1) is 6.04 Å². The van der Waals surface area contributed by atoms with Gasteiger partial charge in [-0.3, -0.25) is 4.90 Å². The third-order valence-electron chi connectivity index (χ3n) is 3.49. The molecule has 1 aliphatic heterocycles. The zero-order chi connectivity index (χ0) is 12.3. The summed E-state index contributed by atoms with van der Waals surface area (Å²) in [7, 11) is 0. The summed E-state index contributed by atoms with van der Waals surface area (Å²) in [6.45, 7) is 6.22. The van der Waals surface area contributed by atoms with Gasteiger partial charge in [-0.1, -0.05) is 35.7 Å². The molecule has 1 saturated heterocycles. The predicted octanol–water partition coefficient (Wildman–Crippen LogP) is 2.86. The van der Waals surface area contributed by atoms with Crippen molar-refractivity contribution in [2.24, 2.45) is 0 Å². The Morgan fingerprint density at radius 2 is 1.94 bits per heavy atom. The van der Waals surface area contributed by atoms with E-state index in [4.69, 9.17) is 0 Å². The molecule has 1 aliphatic rings. The summed E-state index contributed by atoms with van der Waals surface area (Å²) >= 11 is 0. The number of aryl methyl sites for hydroxylation is 2. The van der Waals surface area contributed by atoms with Crippen LogP contribution in [0.3, 0.4) is 0 Å². The highest BCUT2D eigenvalue weighted by Gasteiger charge is 2.21. The van der Waals surface area contributed by atoms with Gasteiger partial charge in [0.25, 0.3) is 0 Å². The molecule has 2 heteroatoms. The maximum absolute atomic E-state index is 11.1. The second-order valence-corrected chi connectivity index (χ2v) is 5.17. The maximum atomic E-state index is 11.1. The Bertz CT molecular complexity index is 380. The molecule has 0 aromatic heterocycles. The highest BCUT2D eigenvalue weighted by molar-refractivity contribution is 5.57. The van der Waals surface area contributed by atoms with Crippen molar-refractivity contribution in [3.63, 3.8) is 0 Å². The van der Waals surface area contributed by atoms with E-state index in [1.165, 1.54) is 29.5 Å². The Hall–Kier alpha value is -1.15. The highest BCUT2D eigenvalue weighted by atomic mass is 16.1. The van der Waals surface area contributed by atoms with Gasteiger partial charge in [0.15, 0.2) is 0 Å². The summed E-state index contributed by atoms with van der Waals surface area (Å²) in [5.41, 5.74) is 3.94. The minimum absolute atomic E-state index is 0.129. The molecule has 0 N–H and O–H groups in total. The van der Waals surface area contributed by atoms with Crippen LogP contribution in [0.15, 0.2) is 18.2 Å². The second-order valence-electron chi connectivity index (χ2n) is 5.17. The normalized spacial score (nSPS) is 21.4. The molecule has 2 rings (SSSR count). The van der Waals surface area contributed by atoms with Crippen LogP contribution in [-0.4, -0.2) is 23.8 Å². The first-order valence-corrected chi connectivity index (χ1v) is 6.45. The van der Waals surface area contributed by atoms with Crippen LogP contribution in [0.2, 0.25) is 0 Å². The van der Waals surface area contributed by atoms with E-state index in [1.54, 1.807) is 0 Å². The van der Waals surface area contributed by atoms with Crippen molar-refractivity contribution in [1.82, 2.24) is 4.90 Å². The first-order valence-electron chi connectivity index (χ1n) is 6.45. The molecule has 0 bridgehead atoms. The minimum Gasteiger partial charge on any atom is -0.302 e. The topological polar surface area (TPSA) is 20.3 Å². The molecule has 0 aliphatic carbocycles. The molecule has 1 aromatic rings. The van der Waals surface area contributed by atoms with Crippen LogP contribution in [0.1, 0.15) is 36.0 Å². The number of likely N-dealkylation sites (tertiary alicyclic amines) is 1. The largest absolute Gasteiger partial charge is 0.302 e. The quantitative estimate of drug-likeness (QED) is 0.746. The van der Waals surface area contributed by atoms with Crippen molar-refractivity contribution >= 4 is 6.29 Å². The van der Waals surface area contributed by atoms with Gasteiger partial charge in [-0.15, -0.1) is 0 Å². The van der Waals surface area contributed by atoms with Gasteiger partial charge in [0.2, 0.25) is 0 Å². The van der Waals surface area contributed by atoms with E-state index in [1.807, 2.05) is 0 Å². The molecule has 1 atom stereocenters. The third-order valence-corrected chi connectivity index (χ3v) is 3.49. The predicted molar refractivity (Wildman–Crippen MR) is 70.0 cm³/mol. The standard InChI is InChI=1S/C15H21NO/c1-12-7-13(2)9-14(8-12)10-16-6-4-3-5-15(16)11-17/h7-9,11,15H,3-6,10H2,1-2H3. The number of carbonyl (C=O) groups is 1. The fraction of sp³-hybridized carbons (Fsp3) is 0.533. The van der Waals surface area contributed by atoms with Gasteiger partial charge in [-0.2, -0.15) is 0 Å². The number of aldehydes is 1. The molecule has 92 valence electrons. The number of hydrogen-bond donors (Lipinski definition) is 0. The van der Waals surface area contributed by atoms with E-state index in [-0.39, 0.29) is 6.04 Å². The highest BCUT2D eigenvalue weighted by Crippen LogP contribution is 2.19. The summed E-state index contributed by atoms with van der Waals surface area (Å²) in [6.07, 6.45) is 4.54. The van der Waals surface area contributed by atoms with Gasteiger partial charge in [0.1, 0.15) is 6.29 Å². The number of nitrogens with zero attached hydrogens (tertiary/aromatic N) is 1. The summed E-state index contributed by atoms with van der Waals surface area (Å²) in [4.78, 5) is 13.4. The van der Waals surface area contributed by atoms with E-state index < -0.39 is 0 Å². The fourth-order valence-electron chi connectivity index (χ4n) is 2.76. The molecule has 0 spiro atoms. The summed E-state index contributed by atoms with van der Waals surface area (Å²) < 4.78 is 0. The second kappa shape index (κ2) is 5.46. The van der Waals surface area contributed by atoms with Crippen molar-refractivity contribution < 1.29 is 4.79 Å². The van der Waals surface area contributed by atoms with Crippen LogP contribution in [-0.2, 0) is 11.3 Å². The van der Waals surface area contributed by atoms with Crippen LogP contribution >= 0.6 is 0 Å². The van der Waals surface area contributed by atoms with E-state index in [2.05, 4.69) is 36.9 Å². The van der Waals surface area contributed by atoms with Crippen molar-refractivity contribution in [2.75, 3.05) is 6.54 Å². The maximum Gasteiger partial charge on any atom is 0.137 e. The first kappa shape index (κ1) is 12.3. The van der Waals surface area contributed by atoms with Crippen molar-refractivity contribution in [3.05, 3.63) is 34.9 Å². The number of rotatable bonds is 3. The van der Waals surface area contributed by atoms with Gasteiger partial charge >= 0.3 is 0 Å². The van der Waals surface area contributed by atoms with Crippen LogP contribution in [0.25, 0.3) is 0 Å². The Morgan fingerprint density at radius 3 is 2.59 bits per heavy atom. The monoisotopic (exact) mass is 231 g/mol. The van der Waals surface area contributed by atoms with Gasteiger partial charge in [-0.05, 0) is 38.8 Å². The summed E-state index contributed by atoms with van der Waals surface area (Å²) in [5.74, 6) is 0. The molecule has 1 unspecified atom stereocenters. The Kier molecular flexibility index (Phi) is 3.95. The average molecular weight is 231 g/mol. The number of benzene rings is 1. The molecular formula is C15H21NO. The lowest BCUT2D eigenvalue weighted by atomic mass is 10.0. The first-order chi connectivity index (χ1) is 8.19. The SMILES string of the molecule is Cc1cc(C)cc(CN2CCCCC2C=O)c1. The molecule has 0 amide bonds. The number of carbonyl (C=O) groups excluding carboxylic acids is 1. The molecule has 17 heavy (non-hydrogen) atoms. The third kappa shape index (κ3) is 3.16. The summed E-state index contributed by atoms with van der Waals surface area (Å²) in [5, 5.41) is 0. The Balaban J connectivity index is 2.10. The van der Waals surface area contributed by atoms with Crippen LogP contribution < -0.4 is 0 Å². The number of piperidine rings is 1. The smallest absolute Gasteiger partial charge is 0.137 e. The number of hydrogen-bond acceptors (Lipinski definition) is 2. The zero-order valence-electron chi connectivity index (χ0n) is 10.8. The van der Waals surface area contributed by atoms with Crippen molar-refractivity contribution in [1.29, 1.82) is 0 Å². The van der Waals surface area contributed by atoms with Crippen molar-refractivity contribution in [3.8, 4) is 0 Å². The van der Waals surface area contributed by atoms with Crippen molar-refractivity contribution in [2.45, 2.75) is 45.7 Å². The Morgan fingerprint density at radius 1 is 1.24 bits per heavy atom. The molecule has 1 aromatic carbocycles. The molecule has 0 saturated carbocycles. The van der Waals surface area contributed by atoms with Crippen LogP contribution in [0, 0.1) is 13.8 Å². The fourth-order valence-corrected chi connectivity index (χ4v) is 2.76. The molecule has 1 heterocycles. The van der Waals surface area contributed by atoms with E-state index >= 15 is 0 Å². The van der Waals surface area contributed by atoms with E-state index in [0.29, 0.717) is 0 Å². The van der Waals surface area contributed by atoms with E-state index in [9.17, 15) is 4.79 Å². The Labute approximate surface area is 104 Å². The average Bonchev–Trinajstić information content (AvgIpc) is 2.28. The molecule has 1 fully saturated rings. The van der Waals surface area contributed by atoms with E-state index in [0.717, 1.165) is 25.8 Å². The van der Waals surface area contributed by atoms with Crippen LogP contribution in [0.5, 0.6) is 0 Å². The van der Waals surface area contributed by atoms with Gasteiger partial charge < -0.3 is 4.79 Å². The molecular weight excluding hydrogens is 210 g/mol. The lowest BCUT2D eigenvalue weighted by molar-refractivity contribution is -0.113. The molecule has 2 nitrogen and oxygen atoms in total.